The van der Waals surface area contributed by atoms with Crippen molar-refractivity contribution in [3.63, 3.8) is 0 Å². The molecule has 6 nitrogen and oxygen atoms in total. The molecule has 4 aromatic rings. The van der Waals surface area contributed by atoms with Gasteiger partial charge in [-0.3, -0.25) is 9.36 Å². The SMILES string of the molecule is Cc1nc2ccccc2c(=O)n1-c1ccc(NC(=O)Nc2ccc(Cl)cc2Cl)cc1. The van der Waals surface area contributed by atoms with Gasteiger partial charge in [0.05, 0.1) is 27.3 Å². The smallest absolute Gasteiger partial charge is 0.308 e. The fourth-order valence-corrected chi connectivity index (χ4v) is 3.57. The lowest BCUT2D eigenvalue weighted by atomic mass is 10.2. The number of aromatic nitrogens is 2. The maximum absolute atomic E-state index is 12.9. The zero-order chi connectivity index (χ0) is 21.3. The lowest BCUT2D eigenvalue weighted by Gasteiger charge is -2.12. The number of aryl methyl sites for hydroxylation is 1. The van der Waals surface area contributed by atoms with Gasteiger partial charge in [0, 0.05) is 10.7 Å². The second kappa shape index (κ2) is 8.18. The van der Waals surface area contributed by atoms with E-state index >= 15 is 0 Å². The molecule has 1 heterocycles. The van der Waals surface area contributed by atoms with Gasteiger partial charge in [0.25, 0.3) is 5.56 Å². The van der Waals surface area contributed by atoms with Crippen LogP contribution in [0.3, 0.4) is 0 Å². The number of rotatable bonds is 3. The number of carbonyl (C=O) groups is 1. The molecule has 1 aromatic heterocycles. The average Bonchev–Trinajstić information content (AvgIpc) is 2.71. The van der Waals surface area contributed by atoms with E-state index in [9.17, 15) is 9.59 Å². The number of hydrogen-bond donors (Lipinski definition) is 2. The summed E-state index contributed by atoms with van der Waals surface area (Å²) in [5.74, 6) is 0.578. The zero-order valence-corrected chi connectivity index (χ0v) is 17.3. The number of halogens is 2. The maximum Gasteiger partial charge on any atom is 0.323 e. The minimum atomic E-state index is -0.451. The molecule has 30 heavy (non-hydrogen) atoms. The summed E-state index contributed by atoms with van der Waals surface area (Å²) in [4.78, 5) is 29.6. The first kappa shape index (κ1) is 19.9. The first-order valence-corrected chi connectivity index (χ1v) is 9.80. The molecule has 0 aliphatic rings. The number of amides is 2. The highest BCUT2D eigenvalue weighted by Gasteiger charge is 2.11. The van der Waals surface area contributed by atoms with E-state index in [4.69, 9.17) is 23.2 Å². The number of carbonyl (C=O) groups excluding carboxylic acids is 1. The number of hydrogen-bond acceptors (Lipinski definition) is 3. The van der Waals surface area contributed by atoms with Crippen LogP contribution in [-0.4, -0.2) is 15.6 Å². The van der Waals surface area contributed by atoms with Crippen LogP contribution in [0.15, 0.2) is 71.5 Å². The quantitative estimate of drug-likeness (QED) is 0.434. The van der Waals surface area contributed by atoms with Crippen LogP contribution in [0.5, 0.6) is 0 Å². The predicted molar refractivity (Wildman–Crippen MR) is 121 cm³/mol. The molecule has 2 amide bonds. The third-order valence-electron chi connectivity index (χ3n) is 4.51. The summed E-state index contributed by atoms with van der Waals surface area (Å²) in [5.41, 5.74) is 2.17. The molecular weight excluding hydrogens is 423 g/mol. The molecule has 0 saturated carbocycles. The van der Waals surface area contributed by atoms with Crippen LogP contribution in [0.4, 0.5) is 16.2 Å². The minimum Gasteiger partial charge on any atom is -0.308 e. The first-order chi connectivity index (χ1) is 14.4. The van der Waals surface area contributed by atoms with Crippen molar-refractivity contribution in [1.29, 1.82) is 0 Å². The Morgan fingerprint density at radius 2 is 1.70 bits per heavy atom. The summed E-state index contributed by atoms with van der Waals surface area (Å²) >= 11 is 11.9. The summed E-state index contributed by atoms with van der Waals surface area (Å²) < 4.78 is 1.54. The van der Waals surface area contributed by atoms with E-state index < -0.39 is 6.03 Å². The normalized spacial score (nSPS) is 10.8. The molecule has 0 spiro atoms. The molecule has 8 heteroatoms. The van der Waals surface area contributed by atoms with Crippen LogP contribution >= 0.6 is 23.2 Å². The number of benzene rings is 3. The molecule has 3 aromatic carbocycles. The molecule has 0 atom stereocenters. The Morgan fingerprint density at radius 3 is 2.43 bits per heavy atom. The van der Waals surface area contributed by atoms with Crippen LogP contribution in [0.2, 0.25) is 10.0 Å². The summed E-state index contributed by atoms with van der Waals surface area (Å²) in [6.07, 6.45) is 0. The van der Waals surface area contributed by atoms with Crippen molar-refractivity contribution in [2.75, 3.05) is 10.6 Å². The van der Waals surface area contributed by atoms with Crippen LogP contribution in [0, 0.1) is 6.92 Å². The van der Waals surface area contributed by atoms with E-state index in [1.54, 1.807) is 60.0 Å². The predicted octanol–water partition coefficient (Wildman–Crippen LogP) is 5.64. The molecule has 0 aliphatic heterocycles. The third kappa shape index (κ3) is 4.01. The van der Waals surface area contributed by atoms with E-state index in [1.807, 2.05) is 18.2 Å². The molecule has 2 N–H and O–H groups in total. The second-order valence-electron chi connectivity index (χ2n) is 6.57. The Balaban J connectivity index is 1.55. The Morgan fingerprint density at radius 1 is 0.967 bits per heavy atom. The minimum absolute atomic E-state index is 0.145. The van der Waals surface area contributed by atoms with Gasteiger partial charge in [0.1, 0.15) is 5.82 Å². The molecule has 0 saturated heterocycles. The number of para-hydroxylation sites is 1. The topological polar surface area (TPSA) is 76.0 Å². The summed E-state index contributed by atoms with van der Waals surface area (Å²) in [6, 6.07) is 18.5. The largest absolute Gasteiger partial charge is 0.323 e. The molecule has 0 bridgehead atoms. The van der Waals surface area contributed by atoms with Gasteiger partial charge in [0.2, 0.25) is 0 Å². The van der Waals surface area contributed by atoms with Gasteiger partial charge in [-0.2, -0.15) is 0 Å². The summed E-state index contributed by atoms with van der Waals surface area (Å²) in [5, 5.41) is 6.76. The van der Waals surface area contributed by atoms with Gasteiger partial charge >= 0.3 is 6.03 Å². The second-order valence-corrected chi connectivity index (χ2v) is 7.41. The van der Waals surface area contributed by atoms with E-state index in [0.29, 0.717) is 43.8 Å². The monoisotopic (exact) mass is 438 g/mol. The standard InChI is InChI=1S/C22H16Cl2N4O2/c1-13-25-19-5-3-2-4-17(19)21(29)28(13)16-9-7-15(8-10-16)26-22(30)27-20-11-6-14(23)12-18(20)24/h2-12H,1H3,(H2,26,27,30). The molecular formula is C22H16Cl2N4O2. The number of fused-ring (bicyclic) bond motifs is 1. The molecule has 0 fully saturated rings. The van der Waals surface area contributed by atoms with Gasteiger partial charge in [-0.1, -0.05) is 35.3 Å². The molecule has 150 valence electrons. The van der Waals surface area contributed by atoms with Gasteiger partial charge in [-0.25, -0.2) is 9.78 Å². The zero-order valence-electron chi connectivity index (χ0n) is 15.8. The molecule has 0 radical (unpaired) electrons. The average molecular weight is 439 g/mol. The van der Waals surface area contributed by atoms with Crippen molar-refractivity contribution in [3.8, 4) is 5.69 Å². The Bertz CT molecular complexity index is 1320. The van der Waals surface area contributed by atoms with Crippen molar-refractivity contribution < 1.29 is 4.79 Å². The third-order valence-corrected chi connectivity index (χ3v) is 5.05. The van der Waals surface area contributed by atoms with Crippen LogP contribution in [0.25, 0.3) is 16.6 Å². The fourth-order valence-electron chi connectivity index (χ4n) is 3.12. The van der Waals surface area contributed by atoms with Crippen LogP contribution < -0.4 is 16.2 Å². The van der Waals surface area contributed by atoms with Crippen molar-refractivity contribution in [2.24, 2.45) is 0 Å². The van der Waals surface area contributed by atoms with Crippen molar-refractivity contribution >= 4 is 51.5 Å². The van der Waals surface area contributed by atoms with Crippen LogP contribution in [-0.2, 0) is 0 Å². The van der Waals surface area contributed by atoms with Gasteiger partial charge < -0.3 is 10.6 Å². The van der Waals surface area contributed by atoms with E-state index in [-0.39, 0.29) is 5.56 Å². The van der Waals surface area contributed by atoms with Gasteiger partial charge in [-0.05, 0) is 61.5 Å². The summed E-state index contributed by atoms with van der Waals surface area (Å²) in [6.45, 7) is 1.78. The van der Waals surface area contributed by atoms with E-state index in [1.165, 1.54) is 0 Å². The summed E-state index contributed by atoms with van der Waals surface area (Å²) in [7, 11) is 0. The lowest BCUT2D eigenvalue weighted by molar-refractivity contribution is 0.262. The van der Waals surface area contributed by atoms with Crippen LogP contribution in [0.1, 0.15) is 5.82 Å². The Kier molecular flexibility index (Phi) is 5.44. The van der Waals surface area contributed by atoms with Crippen molar-refractivity contribution in [2.45, 2.75) is 6.92 Å². The molecule has 4 rings (SSSR count). The highest BCUT2D eigenvalue weighted by molar-refractivity contribution is 6.36. The molecule has 0 aliphatic carbocycles. The Labute approximate surface area is 182 Å². The maximum atomic E-state index is 12.9. The fraction of sp³-hybridized carbons (Fsp3) is 0.0455. The Hall–Kier alpha value is -3.35. The number of anilines is 2. The van der Waals surface area contributed by atoms with E-state index in [2.05, 4.69) is 15.6 Å². The van der Waals surface area contributed by atoms with E-state index in [0.717, 1.165) is 0 Å². The van der Waals surface area contributed by atoms with Gasteiger partial charge in [0.15, 0.2) is 0 Å². The van der Waals surface area contributed by atoms with Crippen molar-refractivity contribution in [3.05, 3.63) is 93.0 Å². The number of nitrogens with zero attached hydrogens (tertiary/aromatic N) is 2. The number of urea groups is 1. The number of nitrogens with one attached hydrogen (secondary N) is 2. The molecule has 0 unspecified atom stereocenters. The lowest BCUT2D eigenvalue weighted by Crippen LogP contribution is -2.22. The van der Waals surface area contributed by atoms with Gasteiger partial charge in [-0.15, -0.1) is 0 Å². The first-order valence-electron chi connectivity index (χ1n) is 9.04. The highest BCUT2D eigenvalue weighted by Crippen LogP contribution is 2.25. The van der Waals surface area contributed by atoms with Crippen molar-refractivity contribution in [1.82, 2.24) is 9.55 Å². The highest BCUT2D eigenvalue weighted by atomic mass is 35.5.